The number of carbonyl (C=O) groups excluding carboxylic acids is 1. The summed E-state index contributed by atoms with van der Waals surface area (Å²) >= 11 is 3.39. The van der Waals surface area contributed by atoms with E-state index in [1.165, 1.54) is 7.11 Å². The highest BCUT2D eigenvalue weighted by molar-refractivity contribution is 9.10. The second-order valence-corrected chi connectivity index (χ2v) is 5.62. The molecule has 0 aliphatic rings. The highest BCUT2D eigenvalue weighted by Crippen LogP contribution is 2.22. The lowest BCUT2D eigenvalue weighted by atomic mass is 10.1. The van der Waals surface area contributed by atoms with Crippen LogP contribution in [0.25, 0.3) is 0 Å². The molecule has 0 aliphatic heterocycles. The molecule has 4 nitrogen and oxygen atoms in total. The molecule has 0 saturated carbocycles. The van der Waals surface area contributed by atoms with Gasteiger partial charge in [0.15, 0.2) is 0 Å². The molecule has 0 radical (unpaired) electrons. The van der Waals surface area contributed by atoms with Gasteiger partial charge < -0.3 is 15.8 Å². The first-order chi connectivity index (χ1) is 10.0. The molecule has 21 heavy (non-hydrogen) atoms. The highest BCUT2D eigenvalue weighted by Gasteiger charge is 2.15. The summed E-state index contributed by atoms with van der Waals surface area (Å²) in [6.07, 6.45) is 0. The fourth-order valence-electron chi connectivity index (χ4n) is 2.01. The number of amides is 1. The summed E-state index contributed by atoms with van der Waals surface area (Å²) in [5.41, 5.74) is 7.72. The molecular weight excluding hydrogens is 332 g/mol. The Hall–Kier alpha value is -2.01. The summed E-state index contributed by atoms with van der Waals surface area (Å²) in [6, 6.07) is 12.7. The molecule has 1 amide bonds. The van der Waals surface area contributed by atoms with Crippen LogP contribution in [0.2, 0.25) is 0 Å². The Labute approximate surface area is 132 Å². The number of methoxy groups -OCH3 is 1. The van der Waals surface area contributed by atoms with Gasteiger partial charge in [-0.2, -0.15) is 0 Å². The van der Waals surface area contributed by atoms with Crippen LogP contribution < -0.4 is 15.8 Å². The Morgan fingerprint density at radius 2 is 1.90 bits per heavy atom. The lowest BCUT2D eigenvalue weighted by Gasteiger charge is -2.16. The third-order valence-corrected chi connectivity index (χ3v) is 3.71. The summed E-state index contributed by atoms with van der Waals surface area (Å²) in [5, 5.41) is 2.94. The van der Waals surface area contributed by atoms with Crippen molar-refractivity contribution >= 4 is 27.5 Å². The van der Waals surface area contributed by atoms with E-state index in [0.29, 0.717) is 17.0 Å². The second kappa shape index (κ2) is 6.63. The van der Waals surface area contributed by atoms with Crippen molar-refractivity contribution in [2.24, 2.45) is 0 Å². The molecule has 2 rings (SSSR count). The van der Waals surface area contributed by atoms with Crippen LogP contribution in [0.3, 0.4) is 0 Å². The zero-order valence-electron chi connectivity index (χ0n) is 11.9. The zero-order chi connectivity index (χ0) is 15.4. The van der Waals surface area contributed by atoms with E-state index in [1.807, 2.05) is 31.2 Å². The van der Waals surface area contributed by atoms with Gasteiger partial charge in [0.1, 0.15) is 5.75 Å². The zero-order valence-corrected chi connectivity index (χ0v) is 13.5. The van der Waals surface area contributed by atoms with Gasteiger partial charge in [-0.15, -0.1) is 0 Å². The first kappa shape index (κ1) is 15.4. The predicted molar refractivity (Wildman–Crippen MR) is 87.4 cm³/mol. The minimum atomic E-state index is -0.213. The Morgan fingerprint density at radius 3 is 2.52 bits per heavy atom. The summed E-state index contributed by atoms with van der Waals surface area (Å²) in [7, 11) is 1.53. The smallest absolute Gasteiger partial charge is 0.255 e. The third-order valence-electron chi connectivity index (χ3n) is 3.19. The van der Waals surface area contributed by atoms with E-state index >= 15 is 0 Å². The van der Waals surface area contributed by atoms with E-state index < -0.39 is 0 Å². The van der Waals surface area contributed by atoms with Crippen LogP contribution in [0.15, 0.2) is 46.9 Å². The number of nitrogens with one attached hydrogen (secondary N) is 1. The second-order valence-electron chi connectivity index (χ2n) is 4.71. The fraction of sp³-hybridized carbons (Fsp3) is 0.188. The molecule has 110 valence electrons. The third kappa shape index (κ3) is 3.76. The SMILES string of the molecule is COc1ccc(N)cc1C(=O)N[C@@H](C)c1ccc(Br)cc1. The number of benzene rings is 2. The number of anilines is 1. The fourth-order valence-corrected chi connectivity index (χ4v) is 2.28. The van der Waals surface area contributed by atoms with Crippen molar-refractivity contribution in [2.45, 2.75) is 13.0 Å². The standard InChI is InChI=1S/C16H17BrN2O2/c1-10(11-3-5-12(17)6-4-11)19-16(20)14-9-13(18)7-8-15(14)21-2/h3-10H,18H2,1-2H3,(H,19,20)/t10-/m0/s1. The average molecular weight is 349 g/mol. The Kier molecular flexibility index (Phi) is 4.85. The maximum Gasteiger partial charge on any atom is 0.255 e. The molecule has 0 aliphatic carbocycles. The molecule has 0 heterocycles. The summed E-state index contributed by atoms with van der Waals surface area (Å²) in [5.74, 6) is 0.291. The van der Waals surface area contributed by atoms with E-state index in [4.69, 9.17) is 10.5 Å². The number of nitrogen functional groups attached to an aromatic ring is 1. The van der Waals surface area contributed by atoms with Gasteiger partial charge in [0.25, 0.3) is 5.91 Å². The van der Waals surface area contributed by atoms with Crippen molar-refractivity contribution in [3.8, 4) is 5.75 Å². The number of carbonyl (C=O) groups is 1. The molecule has 0 unspecified atom stereocenters. The maximum atomic E-state index is 12.4. The quantitative estimate of drug-likeness (QED) is 0.830. The largest absolute Gasteiger partial charge is 0.496 e. The molecule has 2 aromatic rings. The van der Waals surface area contributed by atoms with E-state index in [2.05, 4.69) is 21.2 Å². The monoisotopic (exact) mass is 348 g/mol. The lowest BCUT2D eigenvalue weighted by Crippen LogP contribution is -2.27. The number of halogens is 1. The molecule has 0 spiro atoms. The first-order valence-electron chi connectivity index (χ1n) is 6.51. The van der Waals surface area contributed by atoms with Gasteiger partial charge in [-0.05, 0) is 42.8 Å². The van der Waals surface area contributed by atoms with Crippen LogP contribution in [0, 0.1) is 0 Å². The van der Waals surface area contributed by atoms with Crippen molar-refractivity contribution in [1.82, 2.24) is 5.32 Å². The van der Waals surface area contributed by atoms with Crippen LogP contribution in [0.4, 0.5) is 5.69 Å². The van der Waals surface area contributed by atoms with Crippen molar-refractivity contribution in [3.05, 3.63) is 58.1 Å². The highest BCUT2D eigenvalue weighted by atomic mass is 79.9. The molecule has 2 aromatic carbocycles. The summed E-state index contributed by atoms with van der Waals surface area (Å²) in [4.78, 5) is 12.4. The van der Waals surface area contributed by atoms with E-state index in [0.717, 1.165) is 10.0 Å². The Morgan fingerprint density at radius 1 is 1.24 bits per heavy atom. The van der Waals surface area contributed by atoms with Gasteiger partial charge in [0.2, 0.25) is 0 Å². The average Bonchev–Trinajstić information content (AvgIpc) is 2.47. The Balaban J connectivity index is 2.17. The molecule has 0 aromatic heterocycles. The Bertz CT molecular complexity index is 641. The number of hydrogen-bond acceptors (Lipinski definition) is 3. The maximum absolute atomic E-state index is 12.4. The molecule has 3 N–H and O–H groups in total. The van der Waals surface area contributed by atoms with Crippen molar-refractivity contribution in [1.29, 1.82) is 0 Å². The van der Waals surface area contributed by atoms with Gasteiger partial charge in [-0.3, -0.25) is 4.79 Å². The van der Waals surface area contributed by atoms with Crippen molar-refractivity contribution in [2.75, 3.05) is 12.8 Å². The van der Waals surface area contributed by atoms with Gasteiger partial charge in [-0.25, -0.2) is 0 Å². The van der Waals surface area contributed by atoms with Crippen LogP contribution in [0.5, 0.6) is 5.75 Å². The van der Waals surface area contributed by atoms with E-state index in [1.54, 1.807) is 18.2 Å². The minimum absolute atomic E-state index is 0.114. The molecule has 0 fully saturated rings. The number of rotatable bonds is 4. The predicted octanol–water partition coefficient (Wildman–Crippen LogP) is 3.53. The van der Waals surface area contributed by atoms with Crippen LogP contribution >= 0.6 is 15.9 Å². The van der Waals surface area contributed by atoms with E-state index in [9.17, 15) is 4.79 Å². The van der Waals surface area contributed by atoms with Gasteiger partial charge in [-0.1, -0.05) is 28.1 Å². The number of nitrogens with two attached hydrogens (primary N) is 1. The van der Waals surface area contributed by atoms with Crippen molar-refractivity contribution in [3.63, 3.8) is 0 Å². The number of ether oxygens (including phenoxy) is 1. The van der Waals surface area contributed by atoms with Crippen LogP contribution in [-0.4, -0.2) is 13.0 Å². The topological polar surface area (TPSA) is 64.3 Å². The van der Waals surface area contributed by atoms with Crippen LogP contribution in [0.1, 0.15) is 28.9 Å². The summed E-state index contributed by atoms with van der Waals surface area (Å²) in [6.45, 7) is 1.93. The van der Waals surface area contributed by atoms with E-state index in [-0.39, 0.29) is 11.9 Å². The number of hydrogen-bond donors (Lipinski definition) is 2. The minimum Gasteiger partial charge on any atom is -0.496 e. The van der Waals surface area contributed by atoms with Crippen molar-refractivity contribution < 1.29 is 9.53 Å². The first-order valence-corrected chi connectivity index (χ1v) is 7.30. The lowest BCUT2D eigenvalue weighted by molar-refractivity contribution is 0.0937. The molecule has 0 saturated heterocycles. The summed E-state index contributed by atoms with van der Waals surface area (Å²) < 4.78 is 6.20. The normalized spacial score (nSPS) is 11.8. The molecule has 1 atom stereocenters. The molecule has 5 heteroatoms. The van der Waals surface area contributed by atoms with Crippen LogP contribution in [-0.2, 0) is 0 Å². The van der Waals surface area contributed by atoms with Gasteiger partial charge in [0, 0.05) is 10.2 Å². The van der Waals surface area contributed by atoms with Gasteiger partial charge >= 0.3 is 0 Å². The molecular formula is C16H17BrN2O2. The van der Waals surface area contributed by atoms with Gasteiger partial charge in [0.05, 0.1) is 18.7 Å². The molecule has 0 bridgehead atoms.